The van der Waals surface area contributed by atoms with Crippen LogP contribution in [0.2, 0.25) is 0 Å². The van der Waals surface area contributed by atoms with Crippen molar-refractivity contribution in [3.63, 3.8) is 0 Å². The van der Waals surface area contributed by atoms with Crippen LogP contribution in [0.15, 0.2) is 60.8 Å². The molecule has 0 aliphatic carbocycles. The van der Waals surface area contributed by atoms with Crippen molar-refractivity contribution in [2.45, 2.75) is 32.2 Å². The summed E-state index contributed by atoms with van der Waals surface area (Å²) < 4.78 is 2.29. The highest BCUT2D eigenvalue weighted by Gasteiger charge is 2.42. The van der Waals surface area contributed by atoms with E-state index in [9.17, 15) is 4.79 Å². The van der Waals surface area contributed by atoms with Crippen LogP contribution >= 0.6 is 0 Å². The number of carbonyl (C=O) groups excluding carboxylic acids is 1. The van der Waals surface area contributed by atoms with Gasteiger partial charge in [0.2, 0.25) is 0 Å². The number of nitrogens with one attached hydrogen (secondary N) is 2. The molecule has 2 aliphatic rings. The van der Waals surface area contributed by atoms with Crippen LogP contribution < -0.4 is 10.6 Å². The van der Waals surface area contributed by atoms with E-state index in [1.165, 1.54) is 16.9 Å². The number of hydrogen-bond donors (Lipinski definition) is 2. The summed E-state index contributed by atoms with van der Waals surface area (Å²) in [6, 6.07) is 18.7. The van der Waals surface area contributed by atoms with Gasteiger partial charge < -0.3 is 20.1 Å². The molecule has 1 saturated heterocycles. The molecular weight excluding hydrogens is 360 g/mol. The SMILES string of the molecule is Cc1cccc(NC(=O)N2CCC3(CC2)Nc2ccccc2-n2cccc23)c1C. The Morgan fingerprint density at radius 3 is 2.62 bits per heavy atom. The maximum Gasteiger partial charge on any atom is 0.321 e. The first kappa shape index (κ1) is 17.9. The van der Waals surface area contributed by atoms with Gasteiger partial charge >= 0.3 is 6.03 Å². The lowest BCUT2D eigenvalue weighted by molar-refractivity contribution is 0.174. The second-order valence-electron chi connectivity index (χ2n) is 8.15. The monoisotopic (exact) mass is 386 g/mol. The summed E-state index contributed by atoms with van der Waals surface area (Å²) in [5.41, 5.74) is 6.70. The van der Waals surface area contributed by atoms with Crippen molar-refractivity contribution < 1.29 is 4.79 Å². The number of hydrogen-bond acceptors (Lipinski definition) is 2. The van der Waals surface area contributed by atoms with Crippen LogP contribution in [0.1, 0.15) is 29.7 Å². The zero-order chi connectivity index (χ0) is 20.0. The fourth-order valence-electron chi connectivity index (χ4n) is 4.65. The lowest BCUT2D eigenvalue weighted by atomic mass is 9.82. The largest absolute Gasteiger partial charge is 0.372 e. The zero-order valence-corrected chi connectivity index (χ0v) is 16.9. The molecule has 29 heavy (non-hydrogen) atoms. The smallest absolute Gasteiger partial charge is 0.321 e. The lowest BCUT2D eigenvalue weighted by Crippen LogP contribution is -2.51. The minimum absolute atomic E-state index is 0.0138. The maximum atomic E-state index is 12.9. The molecule has 0 atom stereocenters. The van der Waals surface area contributed by atoms with Gasteiger partial charge in [-0.3, -0.25) is 0 Å². The Morgan fingerprint density at radius 1 is 1.00 bits per heavy atom. The van der Waals surface area contributed by atoms with E-state index in [2.05, 4.69) is 70.8 Å². The molecule has 3 aromatic rings. The molecule has 0 bridgehead atoms. The fourth-order valence-corrected chi connectivity index (χ4v) is 4.65. The first-order valence-corrected chi connectivity index (χ1v) is 10.2. The molecule has 1 fully saturated rings. The van der Waals surface area contributed by atoms with Gasteiger partial charge in [-0.25, -0.2) is 4.79 Å². The number of rotatable bonds is 1. The van der Waals surface area contributed by atoms with E-state index in [1.807, 2.05) is 24.0 Å². The standard InChI is InChI=1S/C24H26N4O/c1-17-7-5-9-19(18(17)2)25-23(29)27-15-12-24(13-16-27)22-11-6-14-28(22)21-10-4-3-8-20(21)26-24/h3-11,14,26H,12-13,15-16H2,1-2H3,(H,25,29). The molecule has 2 amide bonds. The fraction of sp³-hybridized carbons (Fsp3) is 0.292. The van der Waals surface area contributed by atoms with Gasteiger partial charge in [-0.15, -0.1) is 0 Å². The van der Waals surface area contributed by atoms with Crippen LogP contribution in [0, 0.1) is 13.8 Å². The summed E-state index contributed by atoms with van der Waals surface area (Å²) in [6.45, 7) is 5.55. The van der Waals surface area contributed by atoms with Crippen LogP contribution in [-0.2, 0) is 5.54 Å². The van der Waals surface area contributed by atoms with Gasteiger partial charge in [0.25, 0.3) is 0 Å². The molecule has 5 nitrogen and oxygen atoms in total. The quantitative estimate of drug-likeness (QED) is 0.615. The van der Waals surface area contributed by atoms with Gasteiger partial charge in [0.1, 0.15) is 0 Å². The van der Waals surface area contributed by atoms with Crippen molar-refractivity contribution in [1.29, 1.82) is 0 Å². The van der Waals surface area contributed by atoms with Crippen molar-refractivity contribution >= 4 is 17.4 Å². The first-order chi connectivity index (χ1) is 14.1. The molecule has 0 saturated carbocycles. The predicted octanol–water partition coefficient (Wildman–Crippen LogP) is 5.04. The Kier molecular flexibility index (Phi) is 4.12. The lowest BCUT2D eigenvalue weighted by Gasteiger charge is -2.46. The van der Waals surface area contributed by atoms with Crippen LogP contribution in [0.25, 0.3) is 5.69 Å². The third-order valence-corrected chi connectivity index (χ3v) is 6.53. The Morgan fingerprint density at radius 2 is 1.79 bits per heavy atom. The average molecular weight is 386 g/mol. The van der Waals surface area contributed by atoms with Gasteiger partial charge in [-0.1, -0.05) is 24.3 Å². The molecular formula is C24H26N4O. The second kappa shape index (κ2) is 6.69. The number of amides is 2. The molecule has 2 N–H and O–H groups in total. The van der Waals surface area contributed by atoms with E-state index in [4.69, 9.17) is 0 Å². The highest BCUT2D eigenvalue weighted by Crippen LogP contribution is 2.43. The van der Waals surface area contributed by atoms with Crippen molar-refractivity contribution in [3.05, 3.63) is 77.6 Å². The minimum Gasteiger partial charge on any atom is -0.372 e. The molecule has 0 unspecified atom stereocenters. The number of benzene rings is 2. The number of aromatic nitrogens is 1. The van der Waals surface area contributed by atoms with E-state index in [1.54, 1.807) is 0 Å². The molecule has 2 aromatic carbocycles. The Bertz CT molecular complexity index is 1080. The highest BCUT2D eigenvalue weighted by atomic mass is 16.2. The van der Waals surface area contributed by atoms with E-state index in [0.717, 1.165) is 42.9 Å². The highest BCUT2D eigenvalue weighted by molar-refractivity contribution is 5.90. The van der Waals surface area contributed by atoms with Gasteiger partial charge in [-0.05, 0) is 68.1 Å². The van der Waals surface area contributed by atoms with Crippen molar-refractivity contribution in [3.8, 4) is 5.69 Å². The van der Waals surface area contributed by atoms with Crippen molar-refractivity contribution in [2.24, 2.45) is 0 Å². The molecule has 0 radical (unpaired) electrons. The van der Waals surface area contributed by atoms with E-state index in [-0.39, 0.29) is 11.6 Å². The molecule has 1 aromatic heterocycles. The third-order valence-electron chi connectivity index (χ3n) is 6.53. The van der Waals surface area contributed by atoms with Crippen molar-refractivity contribution in [2.75, 3.05) is 23.7 Å². The Labute approximate surface area is 171 Å². The second-order valence-corrected chi connectivity index (χ2v) is 8.15. The average Bonchev–Trinajstić information content (AvgIpc) is 3.23. The van der Waals surface area contributed by atoms with Crippen LogP contribution in [0.5, 0.6) is 0 Å². The summed E-state index contributed by atoms with van der Waals surface area (Å²) in [4.78, 5) is 14.8. The molecule has 3 heterocycles. The minimum atomic E-state index is -0.131. The summed E-state index contributed by atoms with van der Waals surface area (Å²) >= 11 is 0. The van der Waals surface area contributed by atoms with E-state index >= 15 is 0 Å². The van der Waals surface area contributed by atoms with Gasteiger partial charge in [0.05, 0.1) is 16.9 Å². The maximum absolute atomic E-state index is 12.9. The topological polar surface area (TPSA) is 49.3 Å². The number of urea groups is 1. The first-order valence-electron chi connectivity index (χ1n) is 10.2. The zero-order valence-electron chi connectivity index (χ0n) is 16.9. The normalized spacial score (nSPS) is 16.7. The molecule has 5 rings (SSSR count). The number of carbonyl (C=O) groups is 1. The molecule has 1 spiro atoms. The molecule has 5 heteroatoms. The number of aryl methyl sites for hydroxylation is 1. The van der Waals surface area contributed by atoms with E-state index in [0.29, 0.717) is 0 Å². The predicted molar refractivity (Wildman–Crippen MR) is 117 cm³/mol. The number of fused-ring (bicyclic) bond motifs is 4. The number of piperidine rings is 1. The van der Waals surface area contributed by atoms with Gasteiger partial charge in [0, 0.05) is 30.7 Å². The Balaban J connectivity index is 1.34. The van der Waals surface area contributed by atoms with Crippen LogP contribution in [-0.4, -0.2) is 28.6 Å². The summed E-state index contributed by atoms with van der Waals surface area (Å²) in [7, 11) is 0. The van der Waals surface area contributed by atoms with Gasteiger partial charge in [-0.2, -0.15) is 0 Å². The number of para-hydroxylation sites is 2. The number of anilines is 2. The Hall–Kier alpha value is -3.21. The van der Waals surface area contributed by atoms with Crippen molar-refractivity contribution in [1.82, 2.24) is 9.47 Å². The van der Waals surface area contributed by atoms with Crippen LogP contribution in [0.4, 0.5) is 16.2 Å². The third kappa shape index (κ3) is 2.89. The summed E-state index contributed by atoms with van der Waals surface area (Å²) in [5, 5.41) is 6.90. The van der Waals surface area contributed by atoms with Crippen LogP contribution in [0.3, 0.4) is 0 Å². The summed E-state index contributed by atoms with van der Waals surface area (Å²) in [5.74, 6) is 0. The molecule has 148 valence electrons. The molecule has 2 aliphatic heterocycles. The summed E-state index contributed by atoms with van der Waals surface area (Å²) in [6.07, 6.45) is 3.90. The van der Waals surface area contributed by atoms with Gasteiger partial charge in [0.15, 0.2) is 0 Å². The number of nitrogens with zero attached hydrogens (tertiary/aromatic N) is 2. The van der Waals surface area contributed by atoms with E-state index < -0.39 is 0 Å². The number of likely N-dealkylation sites (tertiary alicyclic amines) is 1.